The van der Waals surface area contributed by atoms with Crippen LogP contribution in [0.15, 0.2) is 65.8 Å². The average molecular weight is 681 g/mol. The van der Waals surface area contributed by atoms with Gasteiger partial charge in [-0.3, -0.25) is 4.98 Å². The molecule has 0 fully saturated rings. The van der Waals surface area contributed by atoms with Crippen molar-refractivity contribution in [3.63, 3.8) is 0 Å². The van der Waals surface area contributed by atoms with E-state index in [9.17, 15) is 8.42 Å². The van der Waals surface area contributed by atoms with Gasteiger partial charge in [-0.05, 0) is 54.3 Å². The summed E-state index contributed by atoms with van der Waals surface area (Å²) in [7, 11) is -4.07. The molecule has 1 heterocycles. The van der Waals surface area contributed by atoms with E-state index in [0.29, 0.717) is 46.8 Å². The van der Waals surface area contributed by atoms with Crippen molar-refractivity contribution in [1.29, 1.82) is 0 Å². The first-order valence-corrected chi connectivity index (χ1v) is 15.3. The molecule has 11 heteroatoms. The zero-order chi connectivity index (χ0) is 26.3. The third kappa shape index (κ3) is 7.28. The van der Waals surface area contributed by atoms with Crippen molar-refractivity contribution in [2.75, 3.05) is 23.4 Å². The molecule has 3 aromatic rings. The molecule has 36 heavy (non-hydrogen) atoms. The molecule has 194 valence electrons. The molecule has 0 aliphatic carbocycles. The van der Waals surface area contributed by atoms with Gasteiger partial charge in [0.2, 0.25) is 0 Å². The number of nitrogens with zero attached hydrogens (tertiary/aromatic N) is 2. The molecular formula is C25H26Br2Cl2N2O4S. The van der Waals surface area contributed by atoms with E-state index in [1.165, 1.54) is 22.8 Å². The van der Waals surface area contributed by atoms with Gasteiger partial charge in [0.05, 0.1) is 22.9 Å². The molecule has 0 aliphatic rings. The van der Waals surface area contributed by atoms with E-state index in [-0.39, 0.29) is 21.2 Å². The van der Waals surface area contributed by atoms with Gasteiger partial charge in [0.25, 0.3) is 10.0 Å². The van der Waals surface area contributed by atoms with Crippen molar-refractivity contribution in [2.45, 2.75) is 34.8 Å². The lowest BCUT2D eigenvalue weighted by molar-refractivity contribution is 0.277. The highest BCUT2D eigenvalue weighted by molar-refractivity contribution is 9.24. The summed E-state index contributed by atoms with van der Waals surface area (Å²) in [6.07, 6.45) is 3.73. The fraction of sp³-hybridized carbons (Fsp3) is 0.320. The first-order chi connectivity index (χ1) is 17.1. The summed E-state index contributed by atoms with van der Waals surface area (Å²) in [6, 6.07) is 13.1. The zero-order valence-corrected chi connectivity index (χ0v) is 25.2. The molecule has 0 amide bonds. The number of halogens is 4. The number of anilines is 2. The first-order valence-electron chi connectivity index (χ1n) is 11.1. The Kier molecular flexibility index (Phi) is 10.8. The minimum Gasteiger partial charge on any atom is -0.490 e. The largest absolute Gasteiger partial charge is 0.490 e. The van der Waals surface area contributed by atoms with Crippen LogP contribution in [0.5, 0.6) is 11.5 Å². The number of pyridine rings is 1. The summed E-state index contributed by atoms with van der Waals surface area (Å²) in [5.41, 5.74) is 1.65. The smallest absolute Gasteiger partial charge is 0.268 e. The van der Waals surface area contributed by atoms with E-state index in [2.05, 4.69) is 36.8 Å². The summed E-state index contributed by atoms with van der Waals surface area (Å²) in [6.45, 7) is 4.69. The summed E-state index contributed by atoms with van der Waals surface area (Å²) < 4.78 is 40.9. The lowest BCUT2D eigenvalue weighted by Crippen LogP contribution is -2.26. The van der Waals surface area contributed by atoms with Gasteiger partial charge in [-0.2, -0.15) is 0 Å². The van der Waals surface area contributed by atoms with E-state index in [4.69, 9.17) is 32.7 Å². The van der Waals surface area contributed by atoms with Crippen molar-refractivity contribution in [1.82, 2.24) is 4.98 Å². The van der Waals surface area contributed by atoms with Crippen LogP contribution in [0.25, 0.3) is 0 Å². The highest BCUT2D eigenvalue weighted by Gasteiger charge is 2.29. The van der Waals surface area contributed by atoms with Gasteiger partial charge >= 0.3 is 0 Å². The third-order valence-corrected chi connectivity index (χ3v) is 7.97. The Morgan fingerprint density at radius 1 is 0.972 bits per heavy atom. The van der Waals surface area contributed by atoms with Crippen LogP contribution < -0.4 is 13.8 Å². The molecule has 2 aromatic carbocycles. The predicted molar refractivity (Wildman–Crippen MR) is 154 cm³/mol. The Bertz CT molecular complexity index is 1260. The third-order valence-electron chi connectivity index (χ3n) is 5.09. The summed E-state index contributed by atoms with van der Waals surface area (Å²) >= 11 is 19.0. The molecule has 0 bridgehead atoms. The number of rotatable bonds is 12. The number of hydrogen-bond acceptors (Lipinski definition) is 5. The highest BCUT2D eigenvalue weighted by atomic mass is 79.9. The minimum atomic E-state index is -4.07. The molecule has 0 N–H and O–H groups in total. The van der Waals surface area contributed by atoms with Crippen LogP contribution in [-0.4, -0.2) is 36.2 Å². The number of aromatic nitrogens is 1. The van der Waals surface area contributed by atoms with Gasteiger partial charge in [-0.25, -0.2) is 12.7 Å². The Hall–Kier alpha value is -1.52. The van der Waals surface area contributed by atoms with Crippen LogP contribution >= 0.6 is 55.1 Å². The zero-order valence-electron chi connectivity index (χ0n) is 19.7. The van der Waals surface area contributed by atoms with Crippen LogP contribution in [0, 0.1) is 0 Å². The van der Waals surface area contributed by atoms with Gasteiger partial charge in [-0.15, -0.1) is 11.6 Å². The van der Waals surface area contributed by atoms with Crippen molar-refractivity contribution >= 4 is 76.5 Å². The molecule has 0 atom stereocenters. The fourth-order valence-corrected chi connectivity index (χ4v) is 5.74. The fourth-order valence-electron chi connectivity index (χ4n) is 3.39. The number of alkyl halides is 3. The van der Waals surface area contributed by atoms with E-state index >= 15 is 0 Å². The van der Waals surface area contributed by atoms with Gasteiger partial charge < -0.3 is 9.47 Å². The molecule has 0 saturated carbocycles. The van der Waals surface area contributed by atoms with Gasteiger partial charge in [0, 0.05) is 29.4 Å². The maximum absolute atomic E-state index is 14.0. The van der Waals surface area contributed by atoms with Gasteiger partial charge in [0.1, 0.15) is 10.3 Å². The highest BCUT2D eigenvalue weighted by Crippen LogP contribution is 2.39. The molecule has 1 aromatic heterocycles. The van der Waals surface area contributed by atoms with Gasteiger partial charge in [0.15, 0.2) is 11.5 Å². The Morgan fingerprint density at radius 3 is 2.31 bits per heavy atom. The van der Waals surface area contributed by atoms with Crippen LogP contribution in [0.4, 0.5) is 11.4 Å². The number of ether oxygens (including phenoxy) is 2. The van der Waals surface area contributed by atoms with Crippen LogP contribution in [0.1, 0.15) is 31.7 Å². The minimum absolute atomic E-state index is 0.0691. The Balaban J connectivity index is 2.12. The first kappa shape index (κ1) is 29.0. The SMILES string of the molecule is CC(C)c1ccc(S(=O)(=O)N(c2ccncc2)c2ccc(OCCCCl)c(OCC(Br)Br)c2)cc1Cl. The second-order valence-electron chi connectivity index (χ2n) is 8.04. The van der Waals surface area contributed by atoms with E-state index < -0.39 is 10.0 Å². The summed E-state index contributed by atoms with van der Waals surface area (Å²) in [5.74, 6) is 1.50. The molecule has 0 aliphatic heterocycles. The lowest BCUT2D eigenvalue weighted by Gasteiger charge is -2.26. The molecule has 0 unspecified atom stereocenters. The molecule has 3 rings (SSSR count). The summed E-state index contributed by atoms with van der Waals surface area (Å²) in [4.78, 5) is 4.10. The van der Waals surface area contributed by atoms with E-state index in [1.54, 1.807) is 42.5 Å². The second kappa shape index (κ2) is 13.3. The number of benzene rings is 2. The average Bonchev–Trinajstić information content (AvgIpc) is 2.84. The molecule has 0 saturated heterocycles. The van der Waals surface area contributed by atoms with Crippen LogP contribution in [0.2, 0.25) is 5.02 Å². The Labute approximate surface area is 239 Å². The lowest BCUT2D eigenvalue weighted by atomic mass is 10.0. The molecule has 0 radical (unpaired) electrons. The molecule has 0 spiro atoms. The van der Waals surface area contributed by atoms with Crippen molar-refractivity contribution in [3.05, 3.63) is 71.5 Å². The second-order valence-corrected chi connectivity index (χ2v) is 14.0. The maximum atomic E-state index is 14.0. The van der Waals surface area contributed by atoms with Gasteiger partial charge in [-0.1, -0.05) is 63.4 Å². The topological polar surface area (TPSA) is 68.7 Å². The summed E-state index contributed by atoms with van der Waals surface area (Å²) in [5, 5.41) is 0.397. The standard InChI is InChI=1S/C25H26Br2Cl2N2O4S/c1-17(2)21-6-5-20(15-22(21)29)36(32,33)31(18-8-11-30-12-9-18)19-4-7-23(34-13-3-10-28)24(14-19)35-16-25(26)27/h4-9,11-12,14-15,17,25H,3,10,13,16H2,1-2H3. The molecule has 6 nitrogen and oxygen atoms in total. The predicted octanol–water partition coefficient (Wildman–Crippen LogP) is 7.89. The van der Waals surface area contributed by atoms with E-state index in [0.717, 1.165) is 5.56 Å². The van der Waals surface area contributed by atoms with Crippen molar-refractivity contribution in [2.24, 2.45) is 0 Å². The van der Waals surface area contributed by atoms with Crippen molar-refractivity contribution in [3.8, 4) is 11.5 Å². The van der Waals surface area contributed by atoms with Crippen molar-refractivity contribution < 1.29 is 17.9 Å². The normalized spacial score (nSPS) is 11.7. The van der Waals surface area contributed by atoms with Crippen LogP contribution in [-0.2, 0) is 10.0 Å². The maximum Gasteiger partial charge on any atom is 0.268 e. The van der Waals surface area contributed by atoms with Crippen LogP contribution in [0.3, 0.4) is 0 Å². The Morgan fingerprint density at radius 2 is 1.69 bits per heavy atom. The van der Waals surface area contributed by atoms with E-state index in [1.807, 2.05) is 13.8 Å². The monoisotopic (exact) mass is 678 g/mol. The number of sulfonamides is 1. The number of hydrogen-bond donors (Lipinski definition) is 0. The molecular weight excluding hydrogens is 655 g/mol. The quantitative estimate of drug-likeness (QED) is 0.144.